The van der Waals surface area contributed by atoms with Gasteiger partial charge in [-0.15, -0.1) is 0 Å². The second kappa shape index (κ2) is 10.1. The van der Waals surface area contributed by atoms with Crippen molar-refractivity contribution >= 4 is 5.96 Å². The molecule has 0 bridgehead atoms. The molecule has 0 spiro atoms. The minimum Gasteiger partial charge on any atom is -0.443 e. The molecule has 0 saturated heterocycles. The molecule has 2 aromatic rings. The molecule has 0 saturated carbocycles. The summed E-state index contributed by atoms with van der Waals surface area (Å²) >= 11 is 0. The first-order valence-electron chi connectivity index (χ1n) is 10.8. The molecule has 1 aliphatic heterocycles. The second-order valence-corrected chi connectivity index (χ2v) is 8.85. The van der Waals surface area contributed by atoms with Crippen LogP contribution in [0.4, 0.5) is 0 Å². The largest absolute Gasteiger partial charge is 0.443 e. The van der Waals surface area contributed by atoms with E-state index in [2.05, 4.69) is 70.5 Å². The maximum absolute atomic E-state index is 10.5. The number of nitrogens with zero attached hydrogens (tertiary/aromatic N) is 3. The highest BCUT2D eigenvalue weighted by molar-refractivity contribution is 5.79. The lowest BCUT2D eigenvalue weighted by Crippen LogP contribution is -2.45. The van der Waals surface area contributed by atoms with Gasteiger partial charge in [0, 0.05) is 38.1 Å². The number of aliphatic hydroxyl groups excluding tert-OH is 1. The van der Waals surface area contributed by atoms with Gasteiger partial charge in [0.2, 0.25) is 5.89 Å². The number of guanidine groups is 1. The molecule has 1 unspecified atom stereocenters. The third-order valence-electron chi connectivity index (χ3n) is 5.19. The van der Waals surface area contributed by atoms with E-state index in [-0.39, 0.29) is 5.41 Å². The van der Waals surface area contributed by atoms with Crippen molar-refractivity contribution in [1.29, 1.82) is 0 Å². The third kappa shape index (κ3) is 6.31. The van der Waals surface area contributed by atoms with Gasteiger partial charge in [-0.3, -0.25) is 4.90 Å². The third-order valence-corrected chi connectivity index (χ3v) is 5.19. The van der Waals surface area contributed by atoms with Gasteiger partial charge >= 0.3 is 0 Å². The summed E-state index contributed by atoms with van der Waals surface area (Å²) in [5.41, 5.74) is 2.71. The van der Waals surface area contributed by atoms with Crippen LogP contribution in [0.2, 0.25) is 0 Å². The molecular formula is C23H35N5O2. The van der Waals surface area contributed by atoms with Gasteiger partial charge < -0.3 is 20.2 Å². The van der Waals surface area contributed by atoms with Gasteiger partial charge in [-0.05, 0) is 24.5 Å². The zero-order valence-electron chi connectivity index (χ0n) is 18.6. The topological polar surface area (TPSA) is 85.9 Å². The molecule has 1 atom stereocenters. The number of fused-ring (bicyclic) bond motifs is 1. The molecule has 7 heteroatoms. The number of aromatic nitrogens is 1. The number of hydrogen-bond donors (Lipinski definition) is 3. The monoisotopic (exact) mass is 413 g/mol. The SMILES string of the molecule is CCNC(=NCc1ncc(C(C)(C)C)o1)NCC(O)CN1CCc2ccccc2C1. The maximum atomic E-state index is 10.5. The molecule has 3 rings (SSSR count). The van der Waals surface area contributed by atoms with Crippen molar-refractivity contribution in [3.8, 4) is 0 Å². The molecule has 3 N–H and O–H groups in total. The van der Waals surface area contributed by atoms with E-state index in [9.17, 15) is 5.11 Å². The van der Waals surface area contributed by atoms with Crippen molar-refractivity contribution in [2.24, 2.45) is 4.99 Å². The first kappa shape index (κ1) is 22.3. The summed E-state index contributed by atoms with van der Waals surface area (Å²) in [5, 5.41) is 17.0. The van der Waals surface area contributed by atoms with Gasteiger partial charge in [-0.25, -0.2) is 9.98 Å². The van der Waals surface area contributed by atoms with E-state index in [1.807, 2.05) is 6.92 Å². The molecule has 0 fully saturated rings. The number of rotatable bonds is 7. The summed E-state index contributed by atoms with van der Waals surface area (Å²) in [6.45, 7) is 12.3. The Labute approximate surface area is 179 Å². The van der Waals surface area contributed by atoms with E-state index in [0.717, 1.165) is 31.8 Å². The number of nitrogens with one attached hydrogen (secondary N) is 2. The molecule has 1 aromatic carbocycles. The minimum atomic E-state index is -0.478. The van der Waals surface area contributed by atoms with Crippen molar-refractivity contribution < 1.29 is 9.52 Å². The number of hydrogen-bond acceptors (Lipinski definition) is 5. The highest BCUT2D eigenvalue weighted by Crippen LogP contribution is 2.22. The number of aliphatic imine (C=N–C) groups is 1. The molecule has 1 aromatic heterocycles. The lowest BCUT2D eigenvalue weighted by molar-refractivity contribution is 0.108. The number of oxazole rings is 1. The summed E-state index contributed by atoms with van der Waals surface area (Å²) in [7, 11) is 0. The quantitative estimate of drug-likeness (QED) is 0.478. The lowest BCUT2D eigenvalue weighted by Gasteiger charge is -2.30. The van der Waals surface area contributed by atoms with Crippen LogP contribution in [0.3, 0.4) is 0 Å². The molecule has 7 nitrogen and oxygen atoms in total. The first-order chi connectivity index (χ1) is 14.3. The van der Waals surface area contributed by atoms with Gasteiger partial charge in [0.05, 0.1) is 12.3 Å². The Morgan fingerprint density at radius 2 is 2.03 bits per heavy atom. The summed E-state index contributed by atoms with van der Waals surface area (Å²) < 4.78 is 5.80. The van der Waals surface area contributed by atoms with E-state index in [1.54, 1.807) is 6.20 Å². The molecule has 30 heavy (non-hydrogen) atoms. The summed E-state index contributed by atoms with van der Waals surface area (Å²) in [5.74, 6) is 2.09. The van der Waals surface area contributed by atoms with Crippen molar-refractivity contribution in [2.75, 3.05) is 26.2 Å². The Morgan fingerprint density at radius 1 is 1.27 bits per heavy atom. The Kier molecular flexibility index (Phi) is 7.50. The highest BCUT2D eigenvalue weighted by Gasteiger charge is 2.20. The predicted molar refractivity (Wildman–Crippen MR) is 119 cm³/mol. The van der Waals surface area contributed by atoms with Gasteiger partial charge in [0.25, 0.3) is 0 Å². The Morgan fingerprint density at radius 3 is 2.73 bits per heavy atom. The van der Waals surface area contributed by atoms with Crippen LogP contribution in [-0.2, 0) is 24.9 Å². The zero-order chi connectivity index (χ0) is 21.6. The molecule has 2 heterocycles. The normalized spacial score (nSPS) is 16.2. The molecule has 0 radical (unpaired) electrons. The fraction of sp³-hybridized carbons (Fsp3) is 0.565. The van der Waals surface area contributed by atoms with Crippen molar-refractivity contribution in [3.63, 3.8) is 0 Å². The first-order valence-corrected chi connectivity index (χ1v) is 10.8. The van der Waals surface area contributed by atoms with E-state index in [0.29, 0.717) is 31.5 Å². The van der Waals surface area contributed by atoms with E-state index < -0.39 is 6.10 Å². The van der Waals surface area contributed by atoms with Crippen molar-refractivity contribution in [1.82, 2.24) is 20.5 Å². The van der Waals surface area contributed by atoms with Crippen LogP contribution in [-0.4, -0.2) is 53.2 Å². The average Bonchev–Trinajstić information content (AvgIpc) is 3.20. The van der Waals surface area contributed by atoms with Crippen LogP contribution in [0.15, 0.2) is 39.9 Å². The van der Waals surface area contributed by atoms with E-state index in [4.69, 9.17) is 4.42 Å². The van der Waals surface area contributed by atoms with Crippen molar-refractivity contribution in [3.05, 3.63) is 53.2 Å². The predicted octanol–water partition coefficient (Wildman–Crippen LogP) is 2.45. The maximum Gasteiger partial charge on any atom is 0.216 e. The highest BCUT2D eigenvalue weighted by atomic mass is 16.4. The molecule has 164 valence electrons. The summed E-state index contributed by atoms with van der Waals surface area (Å²) in [6.07, 6.45) is 2.33. The van der Waals surface area contributed by atoms with Crippen LogP contribution >= 0.6 is 0 Å². The molecule has 1 aliphatic rings. The van der Waals surface area contributed by atoms with Gasteiger partial charge in [-0.1, -0.05) is 45.0 Å². The molecular weight excluding hydrogens is 378 g/mol. The summed E-state index contributed by atoms with van der Waals surface area (Å²) in [4.78, 5) is 11.2. The zero-order valence-corrected chi connectivity index (χ0v) is 18.6. The lowest BCUT2D eigenvalue weighted by atomic mass is 9.94. The average molecular weight is 414 g/mol. The number of benzene rings is 1. The fourth-order valence-corrected chi connectivity index (χ4v) is 3.51. The number of β-amino-alcohol motifs (C(OH)–C–C–N with tert-alkyl or cyclic N) is 1. The Bertz CT molecular complexity index is 840. The smallest absolute Gasteiger partial charge is 0.216 e. The number of aliphatic hydroxyl groups is 1. The fourth-order valence-electron chi connectivity index (χ4n) is 3.51. The Hall–Kier alpha value is -2.38. The molecule has 0 amide bonds. The van der Waals surface area contributed by atoms with E-state index in [1.165, 1.54) is 11.1 Å². The summed E-state index contributed by atoms with van der Waals surface area (Å²) in [6, 6.07) is 8.55. The van der Waals surface area contributed by atoms with Crippen LogP contribution in [0.25, 0.3) is 0 Å². The van der Waals surface area contributed by atoms with Crippen LogP contribution in [0.1, 0.15) is 50.5 Å². The van der Waals surface area contributed by atoms with Gasteiger partial charge in [-0.2, -0.15) is 0 Å². The van der Waals surface area contributed by atoms with Crippen LogP contribution in [0, 0.1) is 0 Å². The Balaban J connectivity index is 1.49. The molecule has 0 aliphatic carbocycles. The van der Waals surface area contributed by atoms with Gasteiger partial charge in [0.15, 0.2) is 5.96 Å². The van der Waals surface area contributed by atoms with Crippen LogP contribution in [0.5, 0.6) is 0 Å². The van der Waals surface area contributed by atoms with Crippen molar-refractivity contribution in [2.45, 2.75) is 58.7 Å². The second-order valence-electron chi connectivity index (χ2n) is 8.85. The minimum absolute atomic E-state index is 0.0726. The van der Waals surface area contributed by atoms with Crippen LogP contribution < -0.4 is 10.6 Å². The standard InChI is InChI=1S/C23H35N5O2/c1-5-24-22(27-14-21-25-13-20(30-21)23(2,3)4)26-12-19(29)16-28-11-10-17-8-6-7-9-18(17)15-28/h6-9,13,19,29H,5,10-12,14-16H2,1-4H3,(H2,24,26,27). The van der Waals surface area contributed by atoms with Gasteiger partial charge in [0.1, 0.15) is 12.3 Å². The van der Waals surface area contributed by atoms with E-state index >= 15 is 0 Å².